The van der Waals surface area contributed by atoms with Crippen LogP contribution in [0.1, 0.15) is 18.3 Å². The van der Waals surface area contributed by atoms with E-state index in [9.17, 15) is 0 Å². The topological polar surface area (TPSA) is 76.3 Å². The third-order valence-corrected chi connectivity index (χ3v) is 3.63. The molecule has 2 heterocycles. The summed E-state index contributed by atoms with van der Waals surface area (Å²) in [5, 5.41) is 0. The first kappa shape index (κ1) is 13.8. The quantitative estimate of drug-likeness (QED) is 0.661. The minimum Gasteiger partial charge on any atom is -0.377 e. The fourth-order valence-electron chi connectivity index (χ4n) is 2.79. The van der Waals surface area contributed by atoms with Crippen LogP contribution in [0, 0.1) is 0 Å². The van der Waals surface area contributed by atoms with E-state index in [4.69, 9.17) is 10.6 Å². The van der Waals surface area contributed by atoms with Crippen molar-refractivity contribution in [2.24, 2.45) is 5.84 Å². The highest BCUT2D eigenvalue weighted by Gasteiger charge is 2.28. The van der Waals surface area contributed by atoms with Crippen molar-refractivity contribution in [3.8, 4) is 0 Å². The second kappa shape index (κ2) is 5.67. The van der Waals surface area contributed by atoms with Crippen molar-refractivity contribution in [1.29, 1.82) is 0 Å². The SMILES string of the molecule is COCc1nc(NN)cc(N2c3ccccc3CC2C)n1. The van der Waals surface area contributed by atoms with Crippen LogP contribution in [0.2, 0.25) is 0 Å². The van der Waals surface area contributed by atoms with Crippen LogP contribution in [0.4, 0.5) is 17.3 Å². The summed E-state index contributed by atoms with van der Waals surface area (Å²) < 4.78 is 5.13. The Bertz CT molecular complexity index is 646. The lowest BCUT2D eigenvalue weighted by Crippen LogP contribution is -2.26. The van der Waals surface area contributed by atoms with Gasteiger partial charge in [0.2, 0.25) is 0 Å². The summed E-state index contributed by atoms with van der Waals surface area (Å²) in [5.74, 6) is 7.55. The van der Waals surface area contributed by atoms with Gasteiger partial charge in [-0.05, 0) is 25.0 Å². The first-order chi connectivity index (χ1) is 10.2. The zero-order valence-corrected chi connectivity index (χ0v) is 12.2. The van der Waals surface area contributed by atoms with Gasteiger partial charge in [-0.3, -0.25) is 0 Å². The standard InChI is InChI=1S/C15H19N5O/c1-10-7-11-5-3-4-6-12(11)20(10)15-8-13(19-16)17-14(18-15)9-21-2/h3-6,8,10H,7,9,16H2,1-2H3,(H,17,18,19). The molecule has 1 aromatic heterocycles. The van der Waals surface area contributed by atoms with E-state index in [-0.39, 0.29) is 0 Å². The minimum atomic E-state index is 0.346. The number of nitrogens with one attached hydrogen (secondary N) is 1. The van der Waals surface area contributed by atoms with E-state index in [1.54, 1.807) is 7.11 Å². The summed E-state index contributed by atoms with van der Waals surface area (Å²) in [4.78, 5) is 11.1. The molecule has 1 aromatic carbocycles. The fourth-order valence-corrected chi connectivity index (χ4v) is 2.79. The number of benzene rings is 1. The number of ether oxygens (including phenoxy) is 1. The molecule has 2 aromatic rings. The molecule has 0 radical (unpaired) electrons. The number of fused-ring (bicyclic) bond motifs is 1. The Kier molecular flexibility index (Phi) is 3.72. The third kappa shape index (κ3) is 2.55. The number of aromatic nitrogens is 2. The Morgan fingerprint density at radius 1 is 1.38 bits per heavy atom. The number of hydrogen-bond acceptors (Lipinski definition) is 6. The molecule has 21 heavy (non-hydrogen) atoms. The van der Waals surface area contributed by atoms with Crippen LogP contribution >= 0.6 is 0 Å². The maximum Gasteiger partial charge on any atom is 0.158 e. The number of rotatable bonds is 4. The number of anilines is 3. The van der Waals surface area contributed by atoms with Crippen LogP contribution in [0.3, 0.4) is 0 Å². The molecule has 110 valence electrons. The lowest BCUT2D eigenvalue weighted by molar-refractivity contribution is 0.178. The van der Waals surface area contributed by atoms with Gasteiger partial charge in [-0.1, -0.05) is 18.2 Å². The molecule has 3 rings (SSSR count). The normalized spacial score (nSPS) is 16.9. The van der Waals surface area contributed by atoms with Gasteiger partial charge in [0.1, 0.15) is 18.2 Å². The van der Waals surface area contributed by atoms with Crippen LogP contribution < -0.4 is 16.2 Å². The maximum absolute atomic E-state index is 5.51. The first-order valence-corrected chi connectivity index (χ1v) is 6.93. The zero-order chi connectivity index (χ0) is 14.8. The van der Waals surface area contributed by atoms with Crippen LogP contribution in [0.15, 0.2) is 30.3 Å². The maximum atomic E-state index is 5.51. The second-order valence-corrected chi connectivity index (χ2v) is 5.16. The molecule has 0 bridgehead atoms. The Morgan fingerprint density at radius 3 is 2.95 bits per heavy atom. The van der Waals surface area contributed by atoms with Gasteiger partial charge in [0.15, 0.2) is 5.82 Å². The van der Waals surface area contributed by atoms with Gasteiger partial charge < -0.3 is 15.1 Å². The number of nitrogens with two attached hydrogens (primary N) is 1. The molecule has 1 atom stereocenters. The molecule has 0 saturated heterocycles. The molecule has 0 aliphatic carbocycles. The highest BCUT2D eigenvalue weighted by atomic mass is 16.5. The summed E-state index contributed by atoms with van der Waals surface area (Å²) in [5.41, 5.74) is 5.12. The summed E-state index contributed by atoms with van der Waals surface area (Å²) in [7, 11) is 1.62. The molecule has 0 spiro atoms. The van der Waals surface area contributed by atoms with Crippen LogP contribution in [0.5, 0.6) is 0 Å². The van der Waals surface area contributed by atoms with E-state index < -0.39 is 0 Å². The smallest absolute Gasteiger partial charge is 0.158 e. The van der Waals surface area contributed by atoms with Crippen molar-refractivity contribution >= 4 is 17.3 Å². The van der Waals surface area contributed by atoms with Crippen molar-refractivity contribution in [2.45, 2.75) is 26.0 Å². The van der Waals surface area contributed by atoms with Crippen LogP contribution in [-0.2, 0) is 17.8 Å². The number of nitrogens with zero attached hydrogens (tertiary/aromatic N) is 3. The summed E-state index contributed by atoms with van der Waals surface area (Å²) >= 11 is 0. The summed E-state index contributed by atoms with van der Waals surface area (Å²) in [6, 6.07) is 10.6. The average Bonchev–Trinajstić information content (AvgIpc) is 2.83. The third-order valence-electron chi connectivity index (χ3n) is 3.63. The molecular weight excluding hydrogens is 266 g/mol. The first-order valence-electron chi connectivity index (χ1n) is 6.93. The molecule has 3 N–H and O–H groups in total. The number of nitrogen functional groups attached to an aromatic ring is 1. The molecule has 1 aliphatic heterocycles. The average molecular weight is 285 g/mol. The van der Waals surface area contributed by atoms with Gasteiger partial charge in [-0.25, -0.2) is 15.8 Å². The van der Waals surface area contributed by atoms with Gasteiger partial charge >= 0.3 is 0 Å². The highest BCUT2D eigenvalue weighted by molar-refractivity contribution is 5.70. The Balaban J connectivity index is 2.05. The van der Waals surface area contributed by atoms with E-state index in [1.165, 1.54) is 11.3 Å². The van der Waals surface area contributed by atoms with Crippen LogP contribution in [-0.4, -0.2) is 23.1 Å². The molecule has 1 aliphatic rings. The van der Waals surface area contributed by atoms with E-state index in [0.717, 1.165) is 12.2 Å². The molecule has 0 amide bonds. The van der Waals surface area contributed by atoms with E-state index >= 15 is 0 Å². The van der Waals surface area contributed by atoms with E-state index in [1.807, 2.05) is 12.1 Å². The molecule has 1 unspecified atom stereocenters. The van der Waals surface area contributed by atoms with Crippen molar-refractivity contribution in [1.82, 2.24) is 9.97 Å². The predicted octanol–water partition coefficient (Wildman–Crippen LogP) is 1.99. The number of methoxy groups -OCH3 is 1. The van der Waals surface area contributed by atoms with Gasteiger partial charge in [-0.2, -0.15) is 0 Å². The summed E-state index contributed by atoms with van der Waals surface area (Å²) in [6.07, 6.45) is 1.01. The van der Waals surface area contributed by atoms with E-state index in [0.29, 0.717) is 24.3 Å². The van der Waals surface area contributed by atoms with Crippen LogP contribution in [0.25, 0.3) is 0 Å². The molecule has 6 heteroatoms. The number of hydrogen-bond donors (Lipinski definition) is 2. The Hall–Kier alpha value is -2.18. The lowest BCUT2D eigenvalue weighted by Gasteiger charge is -2.24. The lowest BCUT2D eigenvalue weighted by atomic mass is 10.1. The number of para-hydroxylation sites is 1. The number of hydrazine groups is 1. The molecule has 0 saturated carbocycles. The Labute approximate surface area is 123 Å². The van der Waals surface area contributed by atoms with Gasteiger partial charge in [0.25, 0.3) is 0 Å². The highest BCUT2D eigenvalue weighted by Crippen LogP contribution is 2.37. The fraction of sp³-hybridized carbons (Fsp3) is 0.333. The molecular formula is C15H19N5O. The minimum absolute atomic E-state index is 0.346. The van der Waals surface area contributed by atoms with Crippen molar-refractivity contribution in [3.05, 3.63) is 41.7 Å². The Morgan fingerprint density at radius 2 is 2.19 bits per heavy atom. The molecule has 0 fully saturated rings. The van der Waals surface area contributed by atoms with Crippen molar-refractivity contribution in [2.75, 3.05) is 17.4 Å². The largest absolute Gasteiger partial charge is 0.377 e. The van der Waals surface area contributed by atoms with Gasteiger partial charge in [-0.15, -0.1) is 0 Å². The van der Waals surface area contributed by atoms with E-state index in [2.05, 4.69) is 45.4 Å². The molecule has 6 nitrogen and oxygen atoms in total. The predicted molar refractivity (Wildman–Crippen MR) is 82.3 cm³/mol. The van der Waals surface area contributed by atoms with Crippen molar-refractivity contribution in [3.63, 3.8) is 0 Å². The second-order valence-electron chi connectivity index (χ2n) is 5.16. The summed E-state index contributed by atoms with van der Waals surface area (Å²) in [6.45, 7) is 2.54. The van der Waals surface area contributed by atoms with Crippen molar-refractivity contribution < 1.29 is 4.74 Å². The zero-order valence-electron chi connectivity index (χ0n) is 12.2. The van der Waals surface area contributed by atoms with Gasteiger partial charge in [0, 0.05) is 24.9 Å². The van der Waals surface area contributed by atoms with Gasteiger partial charge in [0.05, 0.1) is 0 Å². The monoisotopic (exact) mass is 285 g/mol.